The zero-order valence-electron chi connectivity index (χ0n) is 11.3. The smallest absolute Gasteiger partial charge is 0.143 e. The van der Waals surface area contributed by atoms with Crippen LogP contribution >= 0.6 is 15.9 Å². The minimum absolute atomic E-state index is 0.142. The Bertz CT molecular complexity index is 450. The molecule has 4 heteroatoms. The van der Waals surface area contributed by atoms with Gasteiger partial charge in [-0.1, -0.05) is 13.3 Å². The molecule has 1 aliphatic carbocycles. The lowest BCUT2D eigenvalue weighted by Crippen LogP contribution is -2.35. The first kappa shape index (κ1) is 14.9. The second-order valence-electron chi connectivity index (χ2n) is 5.60. The van der Waals surface area contributed by atoms with Crippen LogP contribution in [0.15, 0.2) is 16.6 Å². The molecule has 1 nitrogen and oxygen atoms in total. The Hall–Kier alpha value is -0.480. The quantitative estimate of drug-likeness (QED) is 0.811. The maximum absolute atomic E-state index is 14.0. The molecular weight excluding hydrogens is 312 g/mol. The summed E-state index contributed by atoms with van der Waals surface area (Å²) in [4.78, 5) is 0. The summed E-state index contributed by atoms with van der Waals surface area (Å²) in [6.45, 7) is 2.24. The molecule has 1 N–H and O–H groups in total. The Kier molecular flexibility index (Phi) is 4.96. The van der Waals surface area contributed by atoms with E-state index in [0.717, 1.165) is 18.8 Å². The van der Waals surface area contributed by atoms with Crippen LogP contribution in [0.4, 0.5) is 8.78 Å². The summed E-state index contributed by atoms with van der Waals surface area (Å²) in [6.07, 6.45) is 3.91. The van der Waals surface area contributed by atoms with Crippen LogP contribution in [0.1, 0.15) is 31.7 Å². The fourth-order valence-corrected chi connectivity index (χ4v) is 3.47. The number of likely N-dealkylation sites (N-methyl/N-ethyl adjacent to an activating group) is 1. The third kappa shape index (κ3) is 3.34. The van der Waals surface area contributed by atoms with Crippen molar-refractivity contribution in [1.82, 2.24) is 5.32 Å². The highest BCUT2D eigenvalue weighted by Gasteiger charge is 2.29. The van der Waals surface area contributed by atoms with Crippen LogP contribution < -0.4 is 5.32 Å². The van der Waals surface area contributed by atoms with Crippen molar-refractivity contribution in [3.8, 4) is 0 Å². The third-order valence-electron chi connectivity index (χ3n) is 4.24. The highest BCUT2D eigenvalue weighted by atomic mass is 79.9. The van der Waals surface area contributed by atoms with E-state index in [1.165, 1.54) is 18.6 Å². The summed E-state index contributed by atoms with van der Waals surface area (Å²) >= 11 is 3.12. The van der Waals surface area contributed by atoms with Crippen LogP contribution in [0.3, 0.4) is 0 Å². The van der Waals surface area contributed by atoms with Gasteiger partial charge in [0.15, 0.2) is 0 Å². The highest BCUT2D eigenvalue weighted by Crippen LogP contribution is 2.34. The first-order valence-electron chi connectivity index (χ1n) is 6.82. The van der Waals surface area contributed by atoms with Gasteiger partial charge in [-0.05, 0) is 66.2 Å². The molecule has 0 aromatic heterocycles. The summed E-state index contributed by atoms with van der Waals surface area (Å²) in [5.74, 6) is 0.314. The predicted molar refractivity (Wildman–Crippen MR) is 77.1 cm³/mol. The van der Waals surface area contributed by atoms with Crippen LogP contribution in [-0.4, -0.2) is 13.1 Å². The second-order valence-corrected chi connectivity index (χ2v) is 6.45. The Labute approximate surface area is 121 Å². The lowest BCUT2D eigenvalue weighted by molar-refractivity contribution is 0.359. The molecule has 0 amide bonds. The lowest BCUT2D eigenvalue weighted by atomic mass is 9.91. The molecule has 106 valence electrons. The molecule has 0 spiro atoms. The zero-order valence-corrected chi connectivity index (χ0v) is 12.9. The fourth-order valence-electron chi connectivity index (χ4n) is 3.10. The van der Waals surface area contributed by atoms with E-state index in [-0.39, 0.29) is 11.6 Å². The van der Waals surface area contributed by atoms with Gasteiger partial charge in [0.25, 0.3) is 0 Å². The summed E-state index contributed by atoms with van der Waals surface area (Å²) < 4.78 is 28.1. The van der Waals surface area contributed by atoms with Gasteiger partial charge in [-0.3, -0.25) is 0 Å². The molecule has 0 bridgehead atoms. The van der Waals surface area contributed by atoms with E-state index in [4.69, 9.17) is 0 Å². The predicted octanol–water partition coefficient (Wildman–Crippen LogP) is 4.29. The second kappa shape index (κ2) is 6.31. The van der Waals surface area contributed by atoms with Crippen LogP contribution in [0, 0.1) is 23.5 Å². The van der Waals surface area contributed by atoms with E-state index in [0.29, 0.717) is 16.8 Å². The van der Waals surface area contributed by atoms with Gasteiger partial charge < -0.3 is 5.32 Å². The van der Waals surface area contributed by atoms with Crippen molar-refractivity contribution >= 4 is 15.9 Å². The molecule has 3 atom stereocenters. The maximum atomic E-state index is 14.0. The lowest BCUT2D eigenvalue weighted by Gasteiger charge is -2.24. The summed E-state index contributed by atoms with van der Waals surface area (Å²) in [7, 11) is 1.88. The van der Waals surface area contributed by atoms with E-state index in [9.17, 15) is 8.78 Å². The SMILES string of the molecule is CNC(Cc1c(F)ccc(Br)c1F)C1CCC(C)C1. The van der Waals surface area contributed by atoms with E-state index < -0.39 is 11.6 Å². The number of nitrogens with one attached hydrogen (secondary N) is 1. The number of hydrogen-bond acceptors (Lipinski definition) is 1. The van der Waals surface area contributed by atoms with Crippen molar-refractivity contribution in [3.05, 3.63) is 33.8 Å². The van der Waals surface area contributed by atoms with Crippen molar-refractivity contribution in [3.63, 3.8) is 0 Å². The Morgan fingerprint density at radius 2 is 2.11 bits per heavy atom. The van der Waals surface area contributed by atoms with Gasteiger partial charge >= 0.3 is 0 Å². The topological polar surface area (TPSA) is 12.0 Å². The Balaban J connectivity index is 2.17. The molecule has 0 saturated heterocycles. The van der Waals surface area contributed by atoms with E-state index >= 15 is 0 Å². The highest BCUT2D eigenvalue weighted by molar-refractivity contribution is 9.10. The molecule has 0 heterocycles. The maximum Gasteiger partial charge on any atom is 0.143 e. The van der Waals surface area contributed by atoms with Crippen molar-refractivity contribution in [1.29, 1.82) is 0 Å². The van der Waals surface area contributed by atoms with Crippen molar-refractivity contribution < 1.29 is 8.78 Å². The molecule has 1 aromatic carbocycles. The number of rotatable bonds is 4. The van der Waals surface area contributed by atoms with E-state index in [2.05, 4.69) is 28.2 Å². The molecule has 2 rings (SSSR count). The Morgan fingerprint density at radius 3 is 2.68 bits per heavy atom. The van der Waals surface area contributed by atoms with E-state index in [1.54, 1.807) is 0 Å². The molecule has 3 unspecified atom stereocenters. The van der Waals surface area contributed by atoms with E-state index in [1.807, 2.05) is 7.05 Å². The van der Waals surface area contributed by atoms with Gasteiger partial charge in [0, 0.05) is 11.6 Å². The van der Waals surface area contributed by atoms with Crippen LogP contribution in [0.25, 0.3) is 0 Å². The summed E-state index contributed by atoms with van der Waals surface area (Å²) in [5.41, 5.74) is 0.188. The van der Waals surface area contributed by atoms with Gasteiger partial charge in [-0.25, -0.2) is 8.78 Å². The van der Waals surface area contributed by atoms with Gasteiger partial charge in [0.1, 0.15) is 11.6 Å². The third-order valence-corrected chi connectivity index (χ3v) is 4.85. The molecule has 1 saturated carbocycles. The largest absolute Gasteiger partial charge is 0.316 e. The molecule has 0 radical (unpaired) electrons. The Morgan fingerprint density at radius 1 is 1.37 bits per heavy atom. The fraction of sp³-hybridized carbons (Fsp3) is 0.600. The number of hydrogen-bond donors (Lipinski definition) is 1. The average molecular weight is 332 g/mol. The van der Waals surface area contributed by atoms with Crippen LogP contribution in [0.2, 0.25) is 0 Å². The molecular formula is C15H20BrF2N. The number of benzene rings is 1. The zero-order chi connectivity index (χ0) is 14.0. The monoisotopic (exact) mass is 331 g/mol. The van der Waals surface area contributed by atoms with Gasteiger partial charge in [-0.15, -0.1) is 0 Å². The van der Waals surface area contributed by atoms with Gasteiger partial charge in [0.05, 0.1) is 4.47 Å². The van der Waals surface area contributed by atoms with Crippen molar-refractivity contribution in [2.75, 3.05) is 7.05 Å². The van der Waals surface area contributed by atoms with Gasteiger partial charge in [0.2, 0.25) is 0 Å². The summed E-state index contributed by atoms with van der Waals surface area (Å²) in [6, 6.07) is 2.88. The first-order chi connectivity index (χ1) is 9.02. The van der Waals surface area contributed by atoms with Crippen LogP contribution in [-0.2, 0) is 6.42 Å². The molecule has 1 aromatic rings. The molecule has 1 fully saturated rings. The minimum atomic E-state index is -0.466. The average Bonchev–Trinajstić information content (AvgIpc) is 2.81. The first-order valence-corrected chi connectivity index (χ1v) is 7.61. The number of halogens is 3. The summed E-state index contributed by atoms with van der Waals surface area (Å²) in [5, 5.41) is 3.24. The van der Waals surface area contributed by atoms with Crippen LogP contribution in [0.5, 0.6) is 0 Å². The minimum Gasteiger partial charge on any atom is -0.316 e. The van der Waals surface area contributed by atoms with Crippen molar-refractivity contribution in [2.45, 2.75) is 38.6 Å². The normalized spacial score (nSPS) is 24.7. The molecule has 1 aliphatic rings. The molecule has 0 aliphatic heterocycles. The van der Waals surface area contributed by atoms with Gasteiger partial charge in [-0.2, -0.15) is 0 Å². The molecule has 19 heavy (non-hydrogen) atoms. The van der Waals surface area contributed by atoms with Crippen molar-refractivity contribution in [2.24, 2.45) is 11.8 Å². The standard InChI is InChI=1S/C15H20BrF2N/c1-9-3-4-10(7-9)14(19-2)8-11-13(17)6-5-12(16)15(11)18/h5-6,9-10,14,19H,3-4,7-8H2,1-2H3.